The molecule has 2 aromatic rings. The van der Waals surface area contributed by atoms with Crippen LogP contribution in [0.5, 0.6) is 5.75 Å². The van der Waals surface area contributed by atoms with Crippen molar-refractivity contribution in [3.8, 4) is 5.75 Å². The van der Waals surface area contributed by atoms with Gasteiger partial charge in [-0.25, -0.2) is 12.8 Å². The molecule has 26 heavy (non-hydrogen) atoms. The van der Waals surface area contributed by atoms with Crippen molar-refractivity contribution >= 4 is 27.3 Å². The lowest BCUT2D eigenvalue weighted by Gasteiger charge is -2.22. The van der Waals surface area contributed by atoms with Crippen LogP contribution in [0.4, 0.5) is 15.8 Å². The molecule has 0 spiro atoms. The molecule has 0 fully saturated rings. The number of sulfonamides is 1. The minimum Gasteiger partial charge on any atom is -0.497 e. The molecule has 140 valence electrons. The molecule has 0 aromatic heterocycles. The van der Waals surface area contributed by atoms with Crippen LogP contribution in [0.3, 0.4) is 0 Å². The summed E-state index contributed by atoms with van der Waals surface area (Å²) < 4.78 is 43.2. The maximum atomic E-state index is 13.0. The van der Waals surface area contributed by atoms with E-state index in [4.69, 9.17) is 4.74 Å². The molecule has 6 nitrogen and oxygen atoms in total. The summed E-state index contributed by atoms with van der Waals surface area (Å²) in [6.07, 6.45) is 1.54. The molecule has 8 heteroatoms. The number of hydrogen-bond donors (Lipinski definition) is 1. The number of nitrogens with one attached hydrogen (secondary N) is 1. The molecule has 2 aromatic carbocycles. The summed E-state index contributed by atoms with van der Waals surface area (Å²) in [5, 5.41) is 2.74. The van der Waals surface area contributed by atoms with Gasteiger partial charge in [-0.2, -0.15) is 0 Å². The van der Waals surface area contributed by atoms with Gasteiger partial charge in [0.15, 0.2) is 0 Å². The molecule has 0 radical (unpaired) electrons. The Morgan fingerprint density at radius 3 is 2.50 bits per heavy atom. The van der Waals surface area contributed by atoms with E-state index < -0.39 is 15.8 Å². The first kappa shape index (κ1) is 19.7. The fraction of sp³-hybridized carbons (Fsp3) is 0.278. The third kappa shape index (κ3) is 5.73. The third-order valence-electron chi connectivity index (χ3n) is 3.63. The maximum Gasteiger partial charge on any atom is 0.232 e. The number of amides is 1. The zero-order valence-electron chi connectivity index (χ0n) is 14.6. The minimum atomic E-state index is -3.53. The van der Waals surface area contributed by atoms with Gasteiger partial charge in [0.05, 0.1) is 19.1 Å². The molecule has 0 heterocycles. The quantitative estimate of drug-likeness (QED) is 0.764. The molecule has 1 N–H and O–H groups in total. The van der Waals surface area contributed by atoms with Gasteiger partial charge < -0.3 is 10.1 Å². The van der Waals surface area contributed by atoms with Crippen LogP contribution < -0.4 is 14.4 Å². The molecule has 2 rings (SSSR count). The highest BCUT2D eigenvalue weighted by Crippen LogP contribution is 2.19. The number of halogens is 1. The molecule has 0 saturated heterocycles. The van der Waals surface area contributed by atoms with Crippen LogP contribution >= 0.6 is 0 Å². The number of benzene rings is 2. The van der Waals surface area contributed by atoms with Crippen LogP contribution in [0.15, 0.2) is 48.5 Å². The van der Waals surface area contributed by atoms with Gasteiger partial charge in [0, 0.05) is 24.7 Å². The van der Waals surface area contributed by atoms with Crippen molar-refractivity contribution < 1.29 is 22.3 Å². The molecule has 1 amide bonds. The lowest BCUT2D eigenvalue weighted by molar-refractivity contribution is -0.116. The van der Waals surface area contributed by atoms with Crippen molar-refractivity contribution in [3.05, 3.63) is 54.3 Å². The minimum absolute atomic E-state index is 0.121. The highest BCUT2D eigenvalue weighted by Gasteiger charge is 2.17. The molecule has 0 saturated carbocycles. The summed E-state index contributed by atoms with van der Waals surface area (Å²) in [6, 6.07) is 12.1. The fourth-order valence-electron chi connectivity index (χ4n) is 2.40. The number of ether oxygens (including phenoxy) is 1. The zero-order valence-corrected chi connectivity index (χ0v) is 15.4. The van der Waals surface area contributed by atoms with Crippen LogP contribution in [-0.4, -0.2) is 34.2 Å². The van der Waals surface area contributed by atoms with Gasteiger partial charge in [0.25, 0.3) is 0 Å². The largest absolute Gasteiger partial charge is 0.497 e. The Kier molecular flexibility index (Phi) is 6.57. The van der Waals surface area contributed by atoms with Crippen LogP contribution in [0.25, 0.3) is 0 Å². The average molecular weight is 380 g/mol. The number of rotatable bonds is 8. The van der Waals surface area contributed by atoms with Crippen LogP contribution in [0.1, 0.15) is 12.8 Å². The molecular weight excluding hydrogens is 359 g/mol. The Morgan fingerprint density at radius 2 is 1.88 bits per heavy atom. The van der Waals surface area contributed by atoms with Gasteiger partial charge in [-0.05, 0) is 42.8 Å². The number of carbonyl (C=O) groups excluding carboxylic acids is 1. The SMILES string of the molecule is COc1cccc(NC(=O)CCCN(c2ccc(F)cc2)S(C)(=O)=O)c1. The number of anilines is 2. The first-order chi connectivity index (χ1) is 12.3. The molecule has 0 bridgehead atoms. The second-order valence-electron chi connectivity index (χ2n) is 5.70. The lowest BCUT2D eigenvalue weighted by atomic mass is 10.2. The predicted molar refractivity (Wildman–Crippen MR) is 99.4 cm³/mol. The number of carbonyl (C=O) groups is 1. The number of hydrogen-bond acceptors (Lipinski definition) is 4. The van der Waals surface area contributed by atoms with E-state index in [0.717, 1.165) is 10.6 Å². The zero-order chi connectivity index (χ0) is 19.2. The van der Waals surface area contributed by atoms with Gasteiger partial charge in [0.1, 0.15) is 11.6 Å². The van der Waals surface area contributed by atoms with E-state index in [1.54, 1.807) is 24.3 Å². The monoisotopic (exact) mass is 380 g/mol. The van der Waals surface area contributed by atoms with Crippen molar-refractivity contribution in [1.29, 1.82) is 0 Å². The van der Waals surface area contributed by atoms with Gasteiger partial charge in [-0.15, -0.1) is 0 Å². The predicted octanol–water partition coefficient (Wildman–Crippen LogP) is 3.02. The fourth-order valence-corrected chi connectivity index (χ4v) is 3.37. The van der Waals surface area contributed by atoms with E-state index in [1.165, 1.54) is 31.4 Å². The summed E-state index contributed by atoms with van der Waals surface area (Å²) in [6.45, 7) is 0.121. The van der Waals surface area contributed by atoms with E-state index in [9.17, 15) is 17.6 Å². The first-order valence-corrected chi connectivity index (χ1v) is 9.81. The normalized spacial score (nSPS) is 11.0. The molecular formula is C18H21FN2O4S. The van der Waals surface area contributed by atoms with Crippen molar-refractivity contribution in [2.75, 3.05) is 29.5 Å². The van der Waals surface area contributed by atoms with E-state index in [2.05, 4.69) is 5.32 Å². The highest BCUT2D eigenvalue weighted by atomic mass is 32.2. The Bertz CT molecular complexity index is 854. The third-order valence-corrected chi connectivity index (χ3v) is 4.83. The standard InChI is InChI=1S/C18H21FN2O4S/c1-25-17-6-3-5-15(13-17)20-18(22)7-4-12-21(26(2,23)24)16-10-8-14(19)9-11-16/h3,5-6,8-11,13H,4,7,12H2,1-2H3,(H,20,22). The topological polar surface area (TPSA) is 75.7 Å². The second-order valence-corrected chi connectivity index (χ2v) is 7.60. The Balaban J connectivity index is 1.94. The van der Waals surface area contributed by atoms with Crippen LogP contribution in [-0.2, 0) is 14.8 Å². The summed E-state index contributed by atoms with van der Waals surface area (Å²) in [4.78, 5) is 12.1. The van der Waals surface area contributed by atoms with Gasteiger partial charge in [-0.1, -0.05) is 6.07 Å². The number of methoxy groups -OCH3 is 1. The summed E-state index contributed by atoms with van der Waals surface area (Å²) >= 11 is 0. The van der Waals surface area contributed by atoms with Crippen molar-refractivity contribution in [1.82, 2.24) is 0 Å². The average Bonchev–Trinajstić information content (AvgIpc) is 2.59. The van der Waals surface area contributed by atoms with Crippen LogP contribution in [0, 0.1) is 5.82 Å². The van der Waals surface area contributed by atoms with E-state index in [1.807, 2.05) is 0 Å². The molecule has 0 unspecified atom stereocenters. The summed E-state index contributed by atoms with van der Waals surface area (Å²) in [7, 11) is -2.00. The van der Waals surface area contributed by atoms with Crippen molar-refractivity contribution in [3.63, 3.8) is 0 Å². The van der Waals surface area contributed by atoms with Gasteiger partial charge in [-0.3, -0.25) is 9.10 Å². The number of nitrogens with zero attached hydrogens (tertiary/aromatic N) is 1. The molecule has 0 aliphatic carbocycles. The lowest BCUT2D eigenvalue weighted by Crippen LogP contribution is -2.31. The van der Waals surface area contributed by atoms with E-state index in [-0.39, 0.29) is 18.9 Å². The Labute approximate surface area is 152 Å². The van der Waals surface area contributed by atoms with Crippen LogP contribution in [0.2, 0.25) is 0 Å². The van der Waals surface area contributed by atoms with Gasteiger partial charge in [0.2, 0.25) is 15.9 Å². The van der Waals surface area contributed by atoms with Crippen molar-refractivity contribution in [2.24, 2.45) is 0 Å². The Hall–Kier alpha value is -2.61. The van der Waals surface area contributed by atoms with E-state index >= 15 is 0 Å². The molecule has 0 atom stereocenters. The molecule has 0 aliphatic heterocycles. The summed E-state index contributed by atoms with van der Waals surface area (Å²) in [5.41, 5.74) is 0.968. The Morgan fingerprint density at radius 1 is 1.19 bits per heavy atom. The molecule has 0 aliphatic rings. The second kappa shape index (κ2) is 8.66. The smallest absolute Gasteiger partial charge is 0.232 e. The van der Waals surface area contributed by atoms with E-state index in [0.29, 0.717) is 23.5 Å². The first-order valence-electron chi connectivity index (χ1n) is 7.97. The van der Waals surface area contributed by atoms with Gasteiger partial charge >= 0.3 is 0 Å². The summed E-state index contributed by atoms with van der Waals surface area (Å²) in [5.74, 6) is -0.0481. The maximum absolute atomic E-state index is 13.0. The van der Waals surface area contributed by atoms with Crippen molar-refractivity contribution in [2.45, 2.75) is 12.8 Å². The highest BCUT2D eigenvalue weighted by molar-refractivity contribution is 7.92.